The number of likely N-dealkylation sites (N-methyl/N-ethyl adjacent to an activating group) is 3. The molecule has 0 bridgehead atoms. The fraction of sp³-hybridized carbons (Fsp3) is 0.778. The summed E-state index contributed by atoms with van der Waals surface area (Å²) in [5.41, 5.74) is 6.86. The normalized spacial score (nSPS) is 11.8. The Kier molecular flexibility index (Phi) is 147. The van der Waals surface area contributed by atoms with Crippen LogP contribution in [0.15, 0.2) is 24.3 Å². The van der Waals surface area contributed by atoms with Gasteiger partial charge in [0.05, 0.1) is 70.3 Å². The zero-order valence-corrected chi connectivity index (χ0v) is 75.0. The van der Waals surface area contributed by atoms with Gasteiger partial charge in [-0.05, 0) is 104 Å². The molecule has 738 valence electrons. The third-order valence-corrected chi connectivity index (χ3v) is 20.2. The Balaban J connectivity index is -0.0000000990. The molecule has 0 saturated heterocycles. The number of benzene rings is 1. The van der Waals surface area contributed by atoms with Crippen LogP contribution >= 0.6 is 21.6 Å². The summed E-state index contributed by atoms with van der Waals surface area (Å²) in [4.78, 5) is 136. The molecule has 29 nitrogen and oxygen atoms in total. The molecule has 0 aliphatic heterocycles. The summed E-state index contributed by atoms with van der Waals surface area (Å²) >= 11 is 0. The van der Waals surface area contributed by atoms with Gasteiger partial charge in [0.25, 0.3) is 0 Å². The van der Waals surface area contributed by atoms with Crippen LogP contribution in [0.1, 0.15) is 302 Å². The first-order valence-corrected chi connectivity index (χ1v) is 41.2. The van der Waals surface area contributed by atoms with E-state index in [0.29, 0.717) is 32.5 Å². The molecule has 0 aliphatic carbocycles. The zero-order valence-electron chi connectivity index (χ0n) is 70.6. The number of unbranched alkanes of at least 4 members (excludes halogenated alkanes) is 13. The van der Waals surface area contributed by atoms with E-state index in [9.17, 15) is 67.7 Å². The number of Topliss-reactive ketones (excluding diaryl/α,β-unsaturated/α-hetero) is 6. The molecule has 0 unspecified atom stereocenters. The van der Waals surface area contributed by atoms with E-state index in [4.69, 9.17) is 45.1 Å². The molecule has 0 spiro atoms. The Morgan fingerprint density at radius 2 is 0.813 bits per heavy atom. The van der Waals surface area contributed by atoms with Crippen LogP contribution in [0.3, 0.4) is 0 Å². The molecule has 33 heteroatoms. The first kappa shape index (κ1) is 162. The van der Waals surface area contributed by atoms with E-state index in [0.717, 1.165) is 86.8 Å². The maximum absolute atomic E-state index is 12.5. The Bertz CT molecular complexity index is 2560. The van der Waals surface area contributed by atoms with Gasteiger partial charge in [-0.15, -0.1) is 0 Å². The van der Waals surface area contributed by atoms with Gasteiger partial charge in [0.15, 0.2) is 5.78 Å². The van der Waals surface area contributed by atoms with Crippen molar-refractivity contribution in [3.63, 3.8) is 0 Å². The second-order valence-electron chi connectivity index (χ2n) is 26.9. The van der Waals surface area contributed by atoms with Gasteiger partial charge in [-0.25, -0.2) is 0 Å². The Morgan fingerprint density at radius 1 is 0.415 bits per heavy atom. The number of nitrogens with one attached hydrogen (secondary N) is 6. The van der Waals surface area contributed by atoms with Crippen molar-refractivity contribution in [1.29, 1.82) is 0 Å². The number of hydrogen-bond donors (Lipinski definition) is 13. The third kappa shape index (κ3) is 101. The molecule has 1 rings (SSSR count). The van der Waals surface area contributed by atoms with Crippen LogP contribution in [0, 0.1) is 38.5 Å². The minimum absolute atomic E-state index is 0. The summed E-state index contributed by atoms with van der Waals surface area (Å²) in [5.74, 6) is -2.68. The van der Waals surface area contributed by atoms with E-state index < -0.39 is 54.0 Å². The number of carboxylic acids is 4. The minimum Gasteiger partial charge on any atom is -0.481 e. The van der Waals surface area contributed by atoms with E-state index in [1.165, 1.54) is 58.8 Å². The Labute approximate surface area is 782 Å². The van der Waals surface area contributed by atoms with Crippen molar-refractivity contribution >= 4 is 92.0 Å². The van der Waals surface area contributed by atoms with Crippen LogP contribution < -0.4 is 37.6 Å². The number of nitrogens with two attached hydrogens (primary N) is 1. The maximum atomic E-state index is 12.5. The van der Waals surface area contributed by atoms with E-state index in [1.807, 2.05) is 58.9 Å². The summed E-state index contributed by atoms with van der Waals surface area (Å²) in [5, 5.41) is 69.8. The van der Waals surface area contributed by atoms with Crippen LogP contribution in [0.5, 0.6) is 0 Å². The van der Waals surface area contributed by atoms with E-state index in [-0.39, 0.29) is 295 Å². The van der Waals surface area contributed by atoms with Gasteiger partial charge in [-0.3, -0.25) is 57.5 Å². The standard InChI is InChI=1S/C49H81N3O14.C11H21NO2S2.2C7H15NO2.C4H9NO2.10CH4.2CH3.2V/c1-39(54)45(36-53)51-34-40-20-22-41(23-21-40)35-52-47(58)38-66-32-29-63-27-16-18-44(56)37-65-31-30-64-28-26-50-46(57)25-24-42(49(61)62)33-43(55)17-14-12-10-8-6-4-2-3-5-7-9-11-13-15-19-48(59)60;1-5-10(8(2)13)6-15-16-7-11(12-4)9(3)14;2*1-4-5(2)6(8-3)7(9)10;1-3(7)4(5)2-6;;;;;;;;;;;;;;/h20-23,42,45,51,53H,2-19,24-38H2,1H3,(H,50,57)(H,52,58)(H,59,60)(H,61,62);10-12H,5-7H2,1-4H3;2*5-6,8H,4H2,1-3H3,(H,9,10);4,6H,2,5H2,1H3;10*1H4;2*1H3;;/q;;;;;;;;;;;;;;;2*-1;;/t42-,45+;10-,11-;2*5-,6-;4-;;;;;;;;;;;;;;/m10000............../s1. The molecule has 1 aromatic carbocycles. The summed E-state index contributed by atoms with van der Waals surface area (Å²) < 4.78 is 21.6. The topological polar surface area (TPSA) is 461 Å². The fourth-order valence-corrected chi connectivity index (χ4v) is 12.8. The largest absolute Gasteiger partial charge is 0.481 e. The van der Waals surface area contributed by atoms with Gasteiger partial charge >= 0.3 is 23.9 Å². The van der Waals surface area contributed by atoms with E-state index in [2.05, 4.69) is 31.9 Å². The van der Waals surface area contributed by atoms with Gasteiger partial charge < -0.3 is 102 Å². The number of carbonyl (C=O) groups is 12. The molecule has 0 fully saturated rings. The molecule has 2 amide bonds. The van der Waals surface area contributed by atoms with E-state index in [1.54, 1.807) is 56.6 Å². The van der Waals surface area contributed by atoms with Crippen molar-refractivity contribution < 1.29 is 144 Å². The molecule has 14 N–H and O–H groups in total. The summed E-state index contributed by atoms with van der Waals surface area (Å²) in [6.45, 7) is 17.7. The quantitative estimate of drug-likeness (QED) is 0.0164. The number of carbonyl (C=O) groups excluding carboxylic acids is 8. The molecule has 9 atom stereocenters. The second kappa shape index (κ2) is 112. The van der Waals surface area contributed by atoms with Gasteiger partial charge in [-0.1, -0.05) is 245 Å². The number of ketones is 6. The van der Waals surface area contributed by atoms with Gasteiger partial charge in [0.1, 0.15) is 54.2 Å². The Morgan fingerprint density at radius 3 is 1.16 bits per heavy atom. The zero-order chi connectivity index (χ0) is 83.2. The number of aliphatic carboxylic acids is 4. The molecule has 123 heavy (non-hydrogen) atoms. The first-order valence-electron chi connectivity index (χ1n) is 38.7. The SMILES string of the molecule is C.C.C.C.C.C.C.C.C.C.CC(=O)[C@@H](N)CO.CC(=O)[C@H](CO)NCc1ccc(CNC(=O)COCCOCCCC(=O)COCCOCCNC(=O)CC[C@H](CC(=O)CCCCCCCCCCCCCCCCC(=O)O)C(=O)O)cc1.CC[C@@H](CSSC[C@H](NC)C(C)=O)C(C)=O.CC[C@H](C)[C@H](NC)C(=O)O.CC[C@H](C)[C@H](NC)C(=O)O.[CH3-].[CH3-].[V].[V]. The minimum atomic E-state index is -1.07. The van der Waals surface area contributed by atoms with Crippen molar-refractivity contribution in [3.8, 4) is 0 Å². The Hall–Kier alpha value is -4.51. The number of aliphatic hydroxyl groups is 2. The van der Waals surface area contributed by atoms with Gasteiger partial charge in [0, 0.05) is 113 Å². The van der Waals surface area contributed by atoms with Crippen molar-refractivity contribution in [2.45, 2.75) is 334 Å². The smallest absolute Gasteiger partial charge is 0.320 e. The van der Waals surface area contributed by atoms with Gasteiger partial charge in [0.2, 0.25) is 11.8 Å². The van der Waals surface area contributed by atoms with Gasteiger partial charge in [-0.2, -0.15) is 0 Å². The first-order chi connectivity index (χ1) is 51.9. The maximum Gasteiger partial charge on any atom is 0.320 e. The van der Waals surface area contributed by atoms with Crippen LogP contribution in [-0.4, -0.2) is 237 Å². The second-order valence-corrected chi connectivity index (χ2v) is 29.5. The molecule has 0 aliphatic rings. The van der Waals surface area contributed by atoms with Crippen LogP contribution in [0.2, 0.25) is 0 Å². The third-order valence-electron chi connectivity index (χ3n) is 17.7. The number of ether oxygens (including phenoxy) is 4. The summed E-state index contributed by atoms with van der Waals surface area (Å²) in [6.07, 6.45) is 19.4. The average molecular weight is 1890 g/mol. The van der Waals surface area contributed by atoms with Crippen molar-refractivity contribution in [3.05, 3.63) is 50.2 Å². The number of hydrogen-bond acceptors (Lipinski definition) is 25. The number of carboxylic acid groups (broad SMARTS) is 4. The molecule has 1 aromatic rings. The van der Waals surface area contributed by atoms with Crippen LogP contribution in [0.25, 0.3) is 0 Å². The fourth-order valence-electron chi connectivity index (χ4n) is 9.98. The molecular formula is C90H187N7O22S2V2-2. The van der Waals surface area contributed by atoms with Crippen molar-refractivity contribution in [2.24, 2.45) is 29.4 Å². The van der Waals surface area contributed by atoms with Crippen LogP contribution in [-0.2, 0) is 127 Å². The van der Waals surface area contributed by atoms with E-state index >= 15 is 0 Å². The molecule has 0 saturated carbocycles. The average Bonchev–Trinajstić information content (AvgIpc) is 0.915. The number of rotatable bonds is 66. The van der Waals surface area contributed by atoms with Crippen LogP contribution in [0.4, 0.5) is 0 Å². The molecule has 0 aromatic heterocycles. The molecule has 0 heterocycles. The number of aliphatic hydroxyl groups excluding tert-OH is 2. The number of amides is 2. The predicted molar refractivity (Wildman–Crippen MR) is 507 cm³/mol. The summed E-state index contributed by atoms with van der Waals surface area (Å²) in [6, 6.07) is 5.38. The molecular weight excluding hydrogens is 1700 g/mol. The monoisotopic (exact) mass is 1880 g/mol. The van der Waals surface area contributed by atoms with Crippen molar-refractivity contribution in [2.75, 3.05) is 105 Å². The summed E-state index contributed by atoms with van der Waals surface area (Å²) in [7, 11) is 8.47. The predicted octanol–water partition coefficient (Wildman–Crippen LogP) is 15.4. The van der Waals surface area contributed by atoms with Crippen molar-refractivity contribution in [1.82, 2.24) is 31.9 Å². The molecule has 2 radical (unpaired) electrons.